The number of carboxylic acids is 1. The summed E-state index contributed by atoms with van der Waals surface area (Å²) in [4.78, 5) is 11.0. The van der Waals surface area contributed by atoms with Crippen molar-refractivity contribution in [2.45, 2.75) is 39.0 Å². The molecule has 0 spiro atoms. The van der Waals surface area contributed by atoms with E-state index in [1.54, 1.807) is 0 Å². The Morgan fingerprint density at radius 1 is 1.47 bits per heavy atom. The Kier molecular flexibility index (Phi) is 3.57. The summed E-state index contributed by atoms with van der Waals surface area (Å²) in [7, 11) is 0. The van der Waals surface area contributed by atoms with E-state index in [1.165, 1.54) is 29.5 Å². The van der Waals surface area contributed by atoms with Gasteiger partial charge in [0.05, 0.1) is 6.42 Å². The lowest BCUT2D eigenvalue weighted by atomic mass is 9.85. The van der Waals surface area contributed by atoms with Crippen molar-refractivity contribution in [2.75, 3.05) is 0 Å². The molecule has 0 aliphatic heterocycles. The van der Waals surface area contributed by atoms with Crippen molar-refractivity contribution in [1.29, 1.82) is 0 Å². The summed E-state index contributed by atoms with van der Waals surface area (Å²) in [5.41, 5.74) is 3.65. The minimum absolute atomic E-state index is 0.185. The van der Waals surface area contributed by atoms with E-state index in [1.807, 2.05) is 6.07 Å². The first kappa shape index (κ1) is 12.6. The molecule has 2 rings (SSSR count). The first-order valence-corrected chi connectivity index (χ1v) is 6.77. The molecule has 17 heavy (non-hydrogen) atoms. The number of carboxylic acid groups (broad SMARTS) is 1. The molecule has 1 atom stereocenters. The van der Waals surface area contributed by atoms with E-state index in [4.69, 9.17) is 5.11 Å². The average Bonchev–Trinajstić information content (AvgIpc) is 3.06. The quantitative estimate of drug-likeness (QED) is 0.911. The van der Waals surface area contributed by atoms with Gasteiger partial charge in [0, 0.05) is 4.47 Å². The molecule has 0 bridgehead atoms. The summed E-state index contributed by atoms with van der Waals surface area (Å²) < 4.78 is 1.08. The van der Waals surface area contributed by atoms with Gasteiger partial charge in [-0.3, -0.25) is 4.79 Å². The van der Waals surface area contributed by atoms with Crippen LogP contribution in [0.2, 0.25) is 0 Å². The molecule has 1 aliphatic carbocycles. The third kappa shape index (κ3) is 2.71. The highest BCUT2D eigenvalue weighted by Crippen LogP contribution is 2.47. The first-order chi connectivity index (χ1) is 8.00. The number of carbonyl (C=O) groups is 1. The molecule has 1 saturated carbocycles. The predicted octanol–water partition coefficient (Wildman–Crippen LogP) is 4.03. The van der Waals surface area contributed by atoms with Crippen LogP contribution in [0, 0.1) is 19.8 Å². The summed E-state index contributed by atoms with van der Waals surface area (Å²) in [6.07, 6.45) is 2.59. The molecule has 0 aromatic heterocycles. The Bertz CT molecular complexity index is 450. The maximum Gasteiger partial charge on any atom is 0.303 e. The van der Waals surface area contributed by atoms with E-state index in [2.05, 4.69) is 35.8 Å². The zero-order valence-corrected chi connectivity index (χ0v) is 11.8. The second-order valence-corrected chi connectivity index (χ2v) is 5.80. The maximum atomic E-state index is 11.0. The molecule has 1 fully saturated rings. The van der Waals surface area contributed by atoms with Crippen molar-refractivity contribution in [3.05, 3.63) is 33.3 Å². The summed E-state index contributed by atoms with van der Waals surface area (Å²) in [6, 6.07) is 4.11. The van der Waals surface area contributed by atoms with Gasteiger partial charge in [-0.15, -0.1) is 0 Å². The maximum absolute atomic E-state index is 11.0. The van der Waals surface area contributed by atoms with Crippen molar-refractivity contribution in [1.82, 2.24) is 0 Å². The second-order valence-electron chi connectivity index (χ2n) is 4.94. The zero-order chi connectivity index (χ0) is 12.6. The summed E-state index contributed by atoms with van der Waals surface area (Å²) >= 11 is 3.54. The molecule has 1 aromatic rings. The summed E-state index contributed by atoms with van der Waals surface area (Å²) in [6.45, 7) is 4.15. The molecule has 1 N–H and O–H groups in total. The minimum atomic E-state index is -0.694. The number of rotatable bonds is 4. The Labute approximate surface area is 110 Å². The largest absolute Gasteiger partial charge is 0.481 e. The smallest absolute Gasteiger partial charge is 0.303 e. The van der Waals surface area contributed by atoms with Gasteiger partial charge in [-0.2, -0.15) is 0 Å². The Morgan fingerprint density at radius 2 is 2.12 bits per heavy atom. The van der Waals surface area contributed by atoms with Crippen LogP contribution in [0.4, 0.5) is 0 Å². The fourth-order valence-corrected chi connectivity index (χ4v) is 2.94. The van der Waals surface area contributed by atoms with Crippen molar-refractivity contribution in [3.63, 3.8) is 0 Å². The molecule has 0 heterocycles. The van der Waals surface area contributed by atoms with Crippen molar-refractivity contribution in [2.24, 2.45) is 5.92 Å². The van der Waals surface area contributed by atoms with Crippen LogP contribution in [0.25, 0.3) is 0 Å². The molecule has 1 aliphatic rings. The van der Waals surface area contributed by atoms with Gasteiger partial charge in [-0.1, -0.05) is 22.0 Å². The summed E-state index contributed by atoms with van der Waals surface area (Å²) in [5.74, 6) is 0.0588. The normalized spacial score (nSPS) is 16.9. The first-order valence-electron chi connectivity index (χ1n) is 5.98. The fourth-order valence-electron chi connectivity index (χ4n) is 2.60. The lowest BCUT2D eigenvalue weighted by Crippen LogP contribution is -2.11. The van der Waals surface area contributed by atoms with Crippen LogP contribution in [0.5, 0.6) is 0 Å². The highest BCUT2D eigenvalue weighted by molar-refractivity contribution is 9.10. The Hall–Kier alpha value is -0.830. The average molecular weight is 297 g/mol. The van der Waals surface area contributed by atoms with E-state index in [9.17, 15) is 4.79 Å². The van der Waals surface area contributed by atoms with Gasteiger partial charge in [0.15, 0.2) is 0 Å². The molecular formula is C14H17BrO2. The topological polar surface area (TPSA) is 37.3 Å². The molecule has 3 heteroatoms. The van der Waals surface area contributed by atoms with Gasteiger partial charge in [0.2, 0.25) is 0 Å². The number of benzene rings is 1. The molecule has 0 radical (unpaired) electrons. The van der Waals surface area contributed by atoms with Crippen LogP contribution >= 0.6 is 15.9 Å². The number of hydrogen-bond acceptors (Lipinski definition) is 1. The summed E-state index contributed by atoms with van der Waals surface area (Å²) in [5, 5.41) is 9.06. The Balaban J connectivity index is 2.41. The van der Waals surface area contributed by atoms with Gasteiger partial charge in [0.25, 0.3) is 0 Å². The van der Waals surface area contributed by atoms with Gasteiger partial charge >= 0.3 is 5.97 Å². The van der Waals surface area contributed by atoms with Crippen LogP contribution in [-0.2, 0) is 4.79 Å². The number of hydrogen-bond donors (Lipinski definition) is 1. The third-order valence-corrected chi connectivity index (χ3v) is 4.48. The van der Waals surface area contributed by atoms with Crippen molar-refractivity contribution < 1.29 is 9.90 Å². The SMILES string of the molecule is Cc1ccc(Br)c(C)c1C(CC(=O)O)C1CC1. The second kappa shape index (κ2) is 4.81. The fraction of sp³-hybridized carbons (Fsp3) is 0.500. The van der Waals surface area contributed by atoms with E-state index < -0.39 is 5.97 Å². The van der Waals surface area contributed by atoms with Crippen molar-refractivity contribution in [3.8, 4) is 0 Å². The Morgan fingerprint density at radius 3 is 2.65 bits per heavy atom. The van der Waals surface area contributed by atoms with Gasteiger partial charge in [0.1, 0.15) is 0 Å². The van der Waals surface area contributed by atoms with Crippen molar-refractivity contribution >= 4 is 21.9 Å². The van der Waals surface area contributed by atoms with Gasteiger partial charge in [-0.25, -0.2) is 0 Å². The third-order valence-electron chi connectivity index (χ3n) is 3.62. The lowest BCUT2D eigenvalue weighted by Gasteiger charge is -2.20. The molecule has 0 saturated heterocycles. The van der Waals surface area contributed by atoms with Crippen LogP contribution in [0.1, 0.15) is 41.9 Å². The monoisotopic (exact) mass is 296 g/mol. The molecule has 0 amide bonds. The highest BCUT2D eigenvalue weighted by Gasteiger charge is 2.35. The molecular weight excluding hydrogens is 280 g/mol. The molecule has 1 unspecified atom stereocenters. The lowest BCUT2D eigenvalue weighted by molar-refractivity contribution is -0.137. The van der Waals surface area contributed by atoms with Crippen LogP contribution in [0.3, 0.4) is 0 Å². The molecule has 2 nitrogen and oxygen atoms in total. The van der Waals surface area contributed by atoms with E-state index in [0.717, 1.165) is 4.47 Å². The highest BCUT2D eigenvalue weighted by atomic mass is 79.9. The standard InChI is InChI=1S/C14H17BrO2/c1-8-3-6-12(15)9(2)14(8)11(7-13(16)17)10-4-5-10/h3,6,10-11H,4-5,7H2,1-2H3,(H,16,17). The van der Waals surface area contributed by atoms with Crippen LogP contribution in [-0.4, -0.2) is 11.1 Å². The zero-order valence-electron chi connectivity index (χ0n) is 10.2. The molecule has 1 aromatic carbocycles. The minimum Gasteiger partial charge on any atom is -0.481 e. The number of aryl methyl sites for hydroxylation is 1. The number of halogens is 1. The van der Waals surface area contributed by atoms with Gasteiger partial charge in [-0.05, 0) is 61.3 Å². The van der Waals surface area contributed by atoms with Gasteiger partial charge < -0.3 is 5.11 Å². The van der Waals surface area contributed by atoms with E-state index in [-0.39, 0.29) is 12.3 Å². The van der Waals surface area contributed by atoms with E-state index in [0.29, 0.717) is 5.92 Å². The predicted molar refractivity (Wildman–Crippen MR) is 71.3 cm³/mol. The van der Waals surface area contributed by atoms with Crippen LogP contribution < -0.4 is 0 Å². The van der Waals surface area contributed by atoms with Crippen LogP contribution in [0.15, 0.2) is 16.6 Å². The van der Waals surface area contributed by atoms with E-state index >= 15 is 0 Å². The number of aliphatic carboxylic acids is 1. The molecule has 92 valence electrons.